The third kappa shape index (κ3) is 3.71. The first-order chi connectivity index (χ1) is 13.5. The van der Waals surface area contributed by atoms with Crippen LogP contribution in [0.15, 0.2) is 36.7 Å². The monoisotopic (exact) mass is 383 g/mol. The molecule has 0 spiro atoms. The number of nitrogens with one attached hydrogen (secondary N) is 1. The zero-order valence-corrected chi connectivity index (χ0v) is 15.9. The molecule has 1 aromatic carbocycles. The van der Waals surface area contributed by atoms with Crippen molar-refractivity contribution in [3.05, 3.63) is 59.3 Å². The highest BCUT2D eigenvalue weighted by atomic mass is 19.1. The van der Waals surface area contributed by atoms with E-state index in [2.05, 4.69) is 5.32 Å². The highest BCUT2D eigenvalue weighted by Crippen LogP contribution is 2.28. The Morgan fingerprint density at radius 1 is 1.25 bits per heavy atom. The number of pyridine rings is 1. The Bertz CT molecular complexity index is 1000. The summed E-state index contributed by atoms with van der Waals surface area (Å²) < 4.78 is 26.3. The average molecular weight is 383 g/mol. The second-order valence-electron chi connectivity index (χ2n) is 7.04. The van der Waals surface area contributed by atoms with Crippen LogP contribution in [0.3, 0.4) is 0 Å². The van der Waals surface area contributed by atoms with Gasteiger partial charge < -0.3 is 19.2 Å². The van der Waals surface area contributed by atoms with Gasteiger partial charge in [-0.3, -0.25) is 4.79 Å². The third-order valence-electron chi connectivity index (χ3n) is 4.98. The summed E-state index contributed by atoms with van der Waals surface area (Å²) in [4.78, 5) is 17.5. The molecule has 0 saturated carbocycles. The van der Waals surface area contributed by atoms with Crippen molar-refractivity contribution < 1.29 is 18.7 Å². The molecule has 28 heavy (non-hydrogen) atoms. The quantitative estimate of drug-likeness (QED) is 0.741. The molecule has 1 fully saturated rings. The maximum atomic E-state index is 13.6. The van der Waals surface area contributed by atoms with E-state index in [4.69, 9.17) is 14.5 Å². The van der Waals surface area contributed by atoms with E-state index in [1.54, 1.807) is 25.3 Å². The van der Waals surface area contributed by atoms with Crippen molar-refractivity contribution >= 4 is 17.2 Å². The van der Waals surface area contributed by atoms with Crippen molar-refractivity contribution in [1.82, 2.24) is 9.38 Å². The lowest BCUT2D eigenvalue weighted by Crippen LogP contribution is -2.14. The van der Waals surface area contributed by atoms with E-state index >= 15 is 0 Å². The zero-order valence-electron chi connectivity index (χ0n) is 15.9. The largest absolute Gasteiger partial charge is 0.496 e. The van der Waals surface area contributed by atoms with Crippen molar-refractivity contribution in [3.63, 3.8) is 0 Å². The molecule has 1 amide bonds. The second kappa shape index (κ2) is 7.59. The Morgan fingerprint density at radius 3 is 2.75 bits per heavy atom. The van der Waals surface area contributed by atoms with Gasteiger partial charge in [0.15, 0.2) is 0 Å². The van der Waals surface area contributed by atoms with E-state index < -0.39 is 5.82 Å². The Morgan fingerprint density at radius 2 is 2.04 bits per heavy atom. The average Bonchev–Trinajstić information content (AvgIpc) is 3.09. The van der Waals surface area contributed by atoms with E-state index in [0.29, 0.717) is 22.9 Å². The number of aromatic nitrogens is 2. The molecule has 1 N–H and O–H groups in total. The number of nitrogens with zero attached hydrogens (tertiary/aromatic N) is 2. The highest BCUT2D eigenvalue weighted by Gasteiger charge is 2.21. The normalized spacial score (nSPS) is 15.0. The molecule has 0 atom stereocenters. The number of benzene rings is 1. The van der Waals surface area contributed by atoms with Crippen molar-refractivity contribution in [2.45, 2.75) is 25.7 Å². The molecule has 0 aliphatic carbocycles. The van der Waals surface area contributed by atoms with Crippen LogP contribution in [0.25, 0.3) is 5.65 Å². The van der Waals surface area contributed by atoms with Gasteiger partial charge in [-0.1, -0.05) is 0 Å². The van der Waals surface area contributed by atoms with Gasteiger partial charge in [0, 0.05) is 43.3 Å². The fraction of sp³-hybridized carbons (Fsp3) is 0.333. The number of halogens is 1. The number of carbonyl (C=O) groups is 1. The molecule has 3 heterocycles. The standard InChI is InChI=1S/C21H22FN3O3/c1-13-7-15(22)9-16(8-13)23-21(26)17-11-25-12-18(14-3-5-28-6-4-14)24-20(25)10-19(17)27-2/h7-12,14H,3-6H2,1-2H3,(H,23,26). The lowest BCUT2D eigenvalue weighted by Gasteiger charge is -2.19. The van der Waals surface area contributed by atoms with Gasteiger partial charge in [-0.05, 0) is 43.5 Å². The van der Waals surface area contributed by atoms with Crippen LogP contribution in [0.2, 0.25) is 0 Å². The molecule has 3 aromatic rings. The maximum Gasteiger partial charge on any atom is 0.260 e. The van der Waals surface area contributed by atoms with Crippen LogP contribution in [0, 0.1) is 12.7 Å². The van der Waals surface area contributed by atoms with Gasteiger partial charge >= 0.3 is 0 Å². The number of hydrogen-bond donors (Lipinski definition) is 1. The number of fused-ring (bicyclic) bond motifs is 1. The van der Waals surface area contributed by atoms with Gasteiger partial charge in [0.25, 0.3) is 5.91 Å². The van der Waals surface area contributed by atoms with Crippen LogP contribution in [-0.2, 0) is 4.74 Å². The summed E-state index contributed by atoms with van der Waals surface area (Å²) >= 11 is 0. The van der Waals surface area contributed by atoms with Crippen LogP contribution in [0.4, 0.5) is 10.1 Å². The van der Waals surface area contributed by atoms with Crippen LogP contribution in [-0.4, -0.2) is 35.6 Å². The SMILES string of the molecule is COc1cc2nc(C3CCOCC3)cn2cc1C(=O)Nc1cc(C)cc(F)c1. The van der Waals surface area contributed by atoms with E-state index in [9.17, 15) is 9.18 Å². The van der Waals surface area contributed by atoms with Gasteiger partial charge in [-0.25, -0.2) is 9.37 Å². The molecule has 0 radical (unpaired) electrons. The zero-order chi connectivity index (χ0) is 19.7. The lowest BCUT2D eigenvalue weighted by molar-refractivity contribution is 0.0846. The molecular formula is C21H22FN3O3. The fourth-order valence-corrected chi connectivity index (χ4v) is 3.57. The second-order valence-corrected chi connectivity index (χ2v) is 7.04. The van der Waals surface area contributed by atoms with E-state index in [0.717, 1.165) is 43.0 Å². The third-order valence-corrected chi connectivity index (χ3v) is 4.98. The van der Waals surface area contributed by atoms with Crippen LogP contribution >= 0.6 is 0 Å². The lowest BCUT2D eigenvalue weighted by atomic mass is 9.97. The predicted octanol–water partition coefficient (Wildman–Crippen LogP) is 3.94. The van der Waals surface area contributed by atoms with Crippen molar-refractivity contribution in [2.75, 3.05) is 25.6 Å². The molecule has 0 bridgehead atoms. The van der Waals surface area contributed by atoms with Gasteiger partial charge in [0.2, 0.25) is 0 Å². The van der Waals surface area contributed by atoms with Crippen molar-refractivity contribution in [3.8, 4) is 5.75 Å². The first-order valence-electron chi connectivity index (χ1n) is 9.26. The molecule has 0 unspecified atom stereocenters. The number of methoxy groups -OCH3 is 1. The minimum absolute atomic E-state index is 0.354. The Labute approximate surface area is 162 Å². The van der Waals surface area contributed by atoms with E-state index in [-0.39, 0.29) is 5.91 Å². The molecular weight excluding hydrogens is 361 g/mol. The Kier molecular flexibility index (Phi) is 5.00. The number of carbonyl (C=O) groups excluding carboxylic acids is 1. The van der Waals surface area contributed by atoms with Crippen LogP contribution < -0.4 is 10.1 Å². The van der Waals surface area contributed by atoms with E-state index in [1.165, 1.54) is 19.2 Å². The number of hydrogen-bond acceptors (Lipinski definition) is 4. The summed E-state index contributed by atoms with van der Waals surface area (Å²) in [6.45, 7) is 3.25. The number of anilines is 1. The molecule has 2 aromatic heterocycles. The summed E-state index contributed by atoms with van der Waals surface area (Å²) in [6, 6.07) is 6.16. The number of ether oxygens (including phenoxy) is 2. The smallest absolute Gasteiger partial charge is 0.260 e. The van der Waals surface area contributed by atoms with Crippen LogP contribution in [0.1, 0.15) is 40.4 Å². The number of rotatable bonds is 4. The summed E-state index contributed by atoms with van der Waals surface area (Å²) in [5, 5.41) is 2.74. The van der Waals surface area contributed by atoms with E-state index in [1.807, 2.05) is 10.6 Å². The first-order valence-corrected chi connectivity index (χ1v) is 9.26. The van der Waals surface area contributed by atoms with Crippen molar-refractivity contribution in [1.29, 1.82) is 0 Å². The molecule has 146 valence electrons. The molecule has 7 heteroatoms. The number of aryl methyl sites for hydroxylation is 1. The summed E-state index contributed by atoms with van der Waals surface area (Å²) in [5.41, 5.74) is 3.19. The Hall–Kier alpha value is -2.93. The molecule has 1 saturated heterocycles. The van der Waals surface area contributed by atoms with Crippen molar-refractivity contribution in [2.24, 2.45) is 0 Å². The Balaban J connectivity index is 1.66. The van der Waals surface area contributed by atoms with Gasteiger partial charge in [0.1, 0.15) is 17.2 Å². The summed E-state index contributed by atoms with van der Waals surface area (Å²) in [5.74, 6) is 0.00735. The molecule has 1 aliphatic heterocycles. The summed E-state index contributed by atoms with van der Waals surface area (Å²) in [6.07, 6.45) is 5.53. The fourth-order valence-electron chi connectivity index (χ4n) is 3.57. The molecule has 6 nitrogen and oxygen atoms in total. The maximum absolute atomic E-state index is 13.6. The first kappa shape index (κ1) is 18.4. The highest BCUT2D eigenvalue weighted by molar-refractivity contribution is 6.06. The van der Waals surface area contributed by atoms with Gasteiger partial charge in [0.05, 0.1) is 18.4 Å². The molecule has 1 aliphatic rings. The number of amides is 1. The van der Waals surface area contributed by atoms with Crippen LogP contribution in [0.5, 0.6) is 5.75 Å². The minimum Gasteiger partial charge on any atom is -0.496 e. The number of imidazole rings is 1. The van der Waals surface area contributed by atoms with Gasteiger partial charge in [-0.15, -0.1) is 0 Å². The van der Waals surface area contributed by atoms with Gasteiger partial charge in [-0.2, -0.15) is 0 Å². The minimum atomic E-state index is -0.395. The topological polar surface area (TPSA) is 64.9 Å². The summed E-state index contributed by atoms with van der Waals surface area (Å²) in [7, 11) is 1.51. The predicted molar refractivity (Wildman–Crippen MR) is 104 cm³/mol. The molecule has 4 rings (SSSR count).